The number of hydrogen-bond acceptors (Lipinski definition) is 1. The van der Waals surface area contributed by atoms with Crippen LogP contribution in [0.2, 0.25) is 0 Å². The lowest BCUT2D eigenvalue weighted by Gasteiger charge is -2.34. The molecular formula is C14H19F3O. The van der Waals surface area contributed by atoms with Gasteiger partial charge in [-0.1, -0.05) is 19.1 Å². The van der Waals surface area contributed by atoms with Gasteiger partial charge >= 0.3 is 6.18 Å². The summed E-state index contributed by atoms with van der Waals surface area (Å²) in [7, 11) is 1.11. The van der Waals surface area contributed by atoms with E-state index < -0.39 is 11.8 Å². The third kappa shape index (κ3) is 2.26. The van der Waals surface area contributed by atoms with Gasteiger partial charge in [0.2, 0.25) is 0 Å². The third-order valence-electron chi connectivity index (χ3n) is 3.70. The van der Waals surface area contributed by atoms with Gasteiger partial charge in [-0.3, -0.25) is 0 Å². The van der Waals surface area contributed by atoms with Crippen LogP contribution in [0.15, 0.2) is 12.1 Å². The summed E-state index contributed by atoms with van der Waals surface area (Å²) in [5, 5.41) is 0. The van der Waals surface area contributed by atoms with Crippen LogP contribution < -0.4 is 0 Å². The summed E-state index contributed by atoms with van der Waals surface area (Å²) in [6, 6.07) is 3.14. The van der Waals surface area contributed by atoms with Gasteiger partial charge in [0, 0.05) is 7.11 Å². The Bertz CT molecular complexity index is 408. The Morgan fingerprint density at radius 2 is 1.50 bits per heavy atom. The van der Waals surface area contributed by atoms with E-state index in [9.17, 15) is 13.2 Å². The summed E-state index contributed by atoms with van der Waals surface area (Å²) < 4.78 is 44.8. The Hall–Kier alpha value is -1.03. The molecule has 0 fully saturated rings. The van der Waals surface area contributed by atoms with E-state index >= 15 is 0 Å². The first kappa shape index (κ1) is 15.0. The summed E-state index contributed by atoms with van der Waals surface area (Å²) in [4.78, 5) is 0. The van der Waals surface area contributed by atoms with Crippen molar-refractivity contribution in [3.05, 3.63) is 34.4 Å². The van der Waals surface area contributed by atoms with Crippen LogP contribution in [0.1, 0.15) is 35.6 Å². The van der Waals surface area contributed by atoms with E-state index in [0.29, 0.717) is 0 Å². The second-order valence-electron chi connectivity index (χ2n) is 4.62. The quantitative estimate of drug-likeness (QED) is 0.781. The SMILES string of the molecule is CCC(OC)(c1cc(C)c(C)c(C)c1)C(F)(F)F. The number of hydrogen-bond donors (Lipinski definition) is 0. The number of benzene rings is 1. The zero-order valence-corrected chi connectivity index (χ0v) is 11.4. The molecule has 1 nitrogen and oxygen atoms in total. The Labute approximate surface area is 106 Å². The summed E-state index contributed by atoms with van der Waals surface area (Å²) in [6.45, 7) is 7.03. The van der Waals surface area contributed by atoms with E-state index in [1.807, 2.05) is 20.8 Å². The number of rotatable bonds is 3. The first-order chi connectivity index (χ1) is 8.19. The van der Waals surface area contributed by atoms with E-state index in [1.165, 1.54) is 6.92 Å². The standard InChI is InChI=1S/C14H19F3O/c1-6-13(18-5,14(15,16)17)12-7-9(2)11(4)10(3)8-12/h7-8H,6H2,1-5H3. The van der Waals surface area contributed by atoms with Gasteiger partial charge in [0.15, 0.2) is 5.60 Å². The molecule has 0 aliphatic heterocycles. The first-order valence-electron chi connectivity index (χ1n) is 5.89. The molecule has 0 aliphatic rings. The van der Waals surface area contributed by atoms with Gasteiger partial charge in [0.25, 0.3) is 0 Å². The molecule has 18 heavy (non-hydrogen) atoms. The maximum absolute atomic E-state index is 13.3. The van der Waals surface area contributed by atoms with Crippen LogP contribution in [0, 0.1) is 20.8 Å². The van der Waals surface area contributed by atoms with E-state index in [-0.39, 0.29) is 12.0 Å². The van der Waals surface area contributed by atoms with Crippen molar-refractivity contribution in [1.82, 2.24) is 0 Å². The summed E-state index contributed by atoms with van der Waals surface area (Å²) in [6.07, 6.45) is -4.57. The van der Waals surface area contributed by atoms with Gasteiger partial charge in [-0.05, 0) is 49.4 Å². The summed E-state index contributed by atoms with van der Waals surface area (Å²) in [5.41, 5.74) is 0.687. The Morgan fingerprint density at radius 3 is 1.78 bits per heavy atom. The second-order valence-corrected chi connectivity index (χ2v) is 4.62. The highest BCUT2D eigenvalue weighted by molar-refractivity contribution is 5.40. The van der Waals surface area contributed by atoms with Crippen LogP contribution in [0.5, 0.6) is 0 Å². The van der Waals surface area contributed by atoms with Gasteiger partial charge in [-0.25, -0.2) is 0 Å². The monoisotopic (exact) mass is 260 g/mol. The van der Waals surface area contributed by atoms with Crippen LogP contribution in [0.3, 0.4) is 0 Å². The molecule has 0 spiro atoms. The van der Waals surface area contributed by atoms with Gasteiger partial charge in [-0.2, -0.15) is 13.2 Å². The van der Waals surface area contributed by atoms with E-state index in [2.05, 4.69) is 0 Å². The molecule has 102 valence electrons. The highest BCUT2D eigenvalue weighted by Crippen LogP contribution is 2.45. The lowest BCUT2D eigenvalue weighted by Crippen LogP contribution is -2.43. The Kier molecular flexibility index (Phi) is 4.11. The van der Waals surface area contributed by atoms with Crippen LogP contribution in [0.25, 0.3) is 0 Å². The molecule has 1 rings (SSSR count). The van der Waals surface area contributed by atoms with Crippen molar-refractivity contribution in [2.75, 3.05) is 7.11 Å². The van der Waals surface area contributed by atoms with Gasteiger partial charge < -0.3 is 4.74 Å². The molecule has 0 radical (unpaired) electrons. The van der Waals surface area contributed by atoms with Crippen LogP contribution >= 0.6 is 0 Å². The van der Waals surface area contributed by atoms with Gasteiger partial charge in [-0.15, -0.1) is 0 Å². The van der Waals surface area contributed by atoms with Crippen molar-refractivity contribution in [1.29, 1.82) is 0 Å². The average molecular weight is 260 g/mol. The molecule has 1 aromatic rings. The molecule has 1 atom stereocenters. The normalized spacial score (nSPS) is 15.6. The second kappa shape index (κ2) is 4.92. The molecule has 0 bridgehead atoms. The molecular weight excluding hydrogens is 241 g/mol. The van der Waals surface area contributed by atoms with Crippen LogP contribution in [-0.2, 0) is 10.3 Å². The van der Waals surface area contributed by atoms with Crippen molar-refractivity contribution in [2.45, 2.75) is 45.9 Å². The molecule has 0 heterocycles. The highest BCUT2D eigenvalue weighted by atomic mass is 19.4. The molecule has 0 aromatic heterocycles. The highest BCUT2D eigenvalue weighted by Gasteiger charge is 2.55. The Morgan fingerprint density at radius 1 is 1.06 bits per heavy atom. The lowest BCUT2D eigenvalue weighted by molar-refractivity contribution is -0.278. The predicted molar refractivity (Wildman–Crippen MR) is 65.7 cm³/mol. The minimum absolute atomic E-state index is 0.144. The van der Waals surface area contributed by atoms with Crippen molar-refractivity contribution < 1.29 is 17.9 Å². The van der Waals surface area contributed by atoms with E-state index in [1.54, 1.807) is 12.1 Å². The summed E-state index contributed by atoms with van der Waals surface area (Å²) in [5.74, 6) is 0. The smallest absolute Gasteiger partial charge is 0.364 e. The number of methoxy groups -OCH3 is 1. The molecule has 0 amide bonds. The zero-order chi connectivity index (χ0) is 14.1. The minimum atomic E-state index is -4.43. The van der Waals surface area contributed by atoms with E-state index in [0.717, 1.165) is 23.8 Å². The minimum Gasteiger partial charge on any atom is -0.364 e. The maximum atomic E-state index is 13.3. The van der Waals surface area contributed by atoms with Gasteiger partial charge in [0.1, 0.15) is 0 Å². The Balaban J connectivity index is 3.49. The zero-order valence-electron chi connectivity index (χ0n) is 11.4. The molecule has 0 saturated carbocycles. The molecule has 1 unspecified atom stereocenters. The fourth-order valence-electron chi connectivity index (χ4n) is 2.21. The van der Waals surface area contributed by atoms with Crippen molar-refractivity contribution in [3.8, 4) is 0 Å². The predicted octanol–water partition coefficient (Wildman–Crippen LogP) is 4.43. The average Bonchev–Trinajstić information content (AvgIpc) is 2.26. The third-order valence-corrected chi connectivity index (χ3v) is 3.70. The maximum Gasteiger partial charge on any atom is 0.421 e. The van der Waals surface area contributed by atoms with Crippen LogP contribution in [0.4, 0.5) is 13.2 Å². The van der Waals surface area contributed by atoms with Crippen molar-refractivity contribution >= 4 is 0 Å². The lowest BCUT2D eigenvalue weighted by atomic mass is 9.86. The van der Waals surface area contributed by atoms with Crippen LogP contribution in [-0.4, -0.2) is 13.3 Å². The molecule has 0 saturated heterocycles. The van der Waals surface area contributed by atoms with Gasteiger partial charge in [0.05, 0.1) is 0 Å². The molecule has 4 heteroatoms. The molecule has 0 N–H and O–H groups in total. The molecule has 0 aliphatic carbocycles. The number of aryl methyl sites for hydroxylation is 2. The fraction of sp³-hybridized carbons (Fsp3) is 0.571. The first-order valence-corrected chi connectivity index (χ1v) is 5.89. The molecule has 1 aromatic carbocycles. The van der Waals surface area contributed by atoms with Crippen molar-refractivity contribution in [3.63, 3.8) is 0 Å². The fourth-order valence-corrected chi connectivity index (χ4v) is 2.21. The van der Waals surface area contributed by atoms with E-state index in [4.69, 9.17) is 4.74 Å². The largest absolute Gasteiger partial charge is 0.421 e. The number of alkyl halides is 3. The number of ether oxygens (including phenoxy) is 1. The summed E-state index contributed by atoms with van der Waals surface area (Å²) >= 11 is 0. The topological polar surface area (TPSA) is 9.23 Å². The van der Waals surface area contributed by atoms with Crippen molar-refractivity contribution in [2.24, 2.45) is 0 Å². The number of halogens is 3.